The van der Waals surface area contributed by atoms with Gasteiger partial charge in [-0.2, -0.15) is 0 Å². The molecule has 2 heterocycles. The Balaban J connectivity index is 1.71. The predicted molar refractivity (Wildman–Crippen MR) is 84.1 cm³/mol. The first kappa shape index (κ1) is 15.4. The molecule has 0 N–H and O–H groups in total. The van der Waals surface area contributed by atoms with Crippen LogP contribution in [0.2, 0.25) is 0 Å². The van der Waals surface area contributed by atoms with Crippen LogP contribution in [0.15, 0.2) is 56.5 Å². The van der Waals surface area contributed by atoms with Crippen molar-refractivity contribution < 1.29 is 18.4 Å². The van der Waals surface area contributed by atoms with Gasteiger partial charge in [-0.3, -0.25) is 0 Å². The normalized spacial score (nSPS) is 12.1. The molecule has 0 fully saturated rings. The number of carbonyl (C=O) groups is 1. The minimum atomic E-state index is -0.502. The van der Waals surface area contributed by atoms with Crippen molar-refractivity contribution in [3.63, 3.8) is 0 Å². The third-order valence-corrected chi connectivity index (χ3v) is 4.07. The summed E-state index contributed by atoms with van der Waals surface area (Å²) in [6.07, 6.45) is 0. The first-order valence-electron chi connectivity index (χ1n) is 6.91. The highest BCUT2D eigenvalue weighted by molar-refractivity contribution is 7.99. The van der Waals surface area contributed by atoms with Crippen molar-refractivity contribution in [1.82, 2.24) is 10.2 Å². The highest BCUT2D eigenvalue weighted by Gasteiger charge is 2.19. The van der Waals surface area contributed by atoms with Crippen LogP contribution < -0.4 is 0 Å². The number of methoxy groups -OCH3 is 1. The third-order valence-electron chi connectivity index (χ3n) is 3.12. The highest BCUT2D eigenvalue weighted by Crippen LogP contribution is 2.35. The van der Waals surface area contributed by atoms with Crippen molar-refractivity contribution in [2.75, 3.05) is 7.11 Å². The number of hydrogen-bond acceptors (Lipinski definition) is 7. The molecule has 23 heavy (non-hydrogen) atoms. The Labute approximate surface area is 136 Å². The van der Waals surface area contributed by atoms with Crippen molar-refractivity contribution in [2.24, 2.45) is 0 Å². The van der Waals surface area contributed by atoms with Gasteiger partial charge in [0.15, 0.2) is 0 Å². The van der Waals surface area contributed by atoms with Crippen molar-refractivity contribution in [3.8, 4) is 11.5 Å². The number of thioether (sulfide) groups is 1. The smallest absolute Gasteiger partial charge is 0.373 e. The predicted octanol–water partition coefficient (Wildman–Crippen LogP) is 3.97. The van der Waals surface area contributed by atoms with Crippen LogP contribution >= 0.6 is 11.8 Å². The molecule has 0 radical (unpaired) electrons. The number of aromatic nitrogens is 2. The van der Waals surface area contributed by atoms with Crippen LogP contribution in [0.4, 0.5) is 0 Å². The Hall–Kier alpha value is -2.54. The number of nitrogens with zero attached hydrogens (tertiary/aromatic N) is 2. The summed E-state index contributed by atoms with van der Waals surface area (Å²) >= 11 is 1.36. The maximum absolute atomic E-state index is 11.4. The summed E-state index contributed by atoms with van der Waals surface area (Å²) in [7, 11) is 1.31. The third kappa shape index (κ3) is 3.45. The van der Waals surface area contributed by atoms with E-state index in [0.29, 0.717) is 16.9 Å². The van der Waals surface area contributed by atoms with Gasteiger partial charge in [0.1, 0.15) is 5.76 Å². The number of rotatable bonds is 5. The molecule has 0 aliphatic rings. The molecule has 3 aromatic rings. The molecule has 0 amide bonds. The Kier molecular flexibility index (Phi) is 4.47. The molecule has 0 aliphatic heterocycles. The number of benzene rings is 1. The molecule has 2 aromatic heterocycles. The summed E-state index contributed by atoms with van der Waals surface area (Å²) in [5.74, 6) is 0.771. The molecule has 0 spiro atoms. The molecule has 118 valence electrons. The lowest BCUT2D eigenvalue weighted by molar-refractivity contribution is 0.0563. The van der Waals surface area contributed by atoms with E-state index < -0.39 is 5.97 Å². The van der Waals surface area contributed by atoms with Gasteiger partial charge in [0.2, 0.25) is 11.7 Å². The van der Waals surface area contributed by atoms with Crippen LogP contribution in [0.25, 0.3) is 11.5 Å². The minimum absolute atomic E-state index is 0.0857. The highest BCUT2D eigenvalue weighted by atomic mass is 32.2. The van der Waals surface area contributed by atoms with Gasteiger partial charge in [-0.25, -0.2) is 4.79 Å². The monoisotopic (exact) mass is 330 g/mol. The standard InChI is InChI=1S/C16H14N2O4S/c1-10(12-8-9-13(21-12)15(19)20-2)23-16-18-17-14(22-16)11-6-4-3-5-7-11/h3-10H,1-2H3. The number of carbonyl (C=O) groups excluding carboxylic acids is 1. The van der Waals surface area contributed by atoms with E-state index in [1.165, 1.54) is 18.9 Å². The minimum Gasteiger partial charge on any atom is -0.463 e. The Morgan fingerprint density at radius 3 is 2.65 bits per heavy atom. The van der Waals surface area contributed by atoms with E-state index in [9.17, 15) is 4.79 Å². The molecule has 6 nitrogen and oxygen atoms in total. The van der Waals surface area contributed by atoms with Crippen molar-refractivity contribution in [1.29, 1.82) is 0 Å². The van der Waals surface area contributed by atoms with E-state index in [2.05, 4.69) is 14.9 Å². The SMILES string of the molecule is COC(=O)c1ccc(C(C)Sc2nnc(-c3ccccc3)o2)o1. The van der Waals surface area contributed by atoms with Crippen molar-refractivity contribution in [3.05, 3.63) is 54.0 Å². The van der Waals surface area contributed by atoms with Gasteiger partial charge >= 0.3 is 5.97 Å². The first-order valence-corrected chi connectivity index (χ1v) is 7.79. The number of ether oxygens (including phenoxy) is 1. The number of esters is 1. The maximum Gasteiger partial charge on any atom is 0.373 e. The second-order valence-electron chi connectivity index (χ2n) is 4.69. The van der Waals surface area contributed by atoms with Crippen LogP contribution in [-0.2, 0) is 4.74 Å². The lowest BCUT2D eigenvalue weighted by Gasteiger charge is -2.04. The zero-order valence-electron chi connectivity index (χ0n) is 12.6. The topological polar surface area (TPSA) is 78.4 Å². The molecule has 3 rings (SSSR count). The zero-order chi connectivity index (χ0) is 16.2. The van der Waals surface area contributed by atoms with Gasteiger partial charge < -0.3 is 13.6 Å². The van der Waals surface area contributed by atoms with Gasteiger partial charge in [-0.1, -0.05) is 30.0 Å². The molecule has 0 saturated carbocycles. The molecule has 0 saturated heterocycles. The first-order chi connectivity index (χ1) is 11.2. The zero-order valence-corrected chi connectivity index (χ0v) is 13.4. The number of furan rings is 1. The lowest BCUT2D eigenvalue weighted by Crippen LogP contribution is -1.98. The quantitative estimate of drug-likeness (QED) is 0.517. The lowest BCUT2D eigenvalue weighted by atomic mass is 10.2. The van der Waals surface area contributed by atoms with Crippen molar-refractivity contribution in [2.45, 2.75) is 17.4 Å². The molecule has 0 bridgehead atoms. The molecule has 1 unspecified atom stereocenters. The van der Waals surface area contributed by atoms with Crippen LogP contribution in [0.5, 0.6) is 0 Å². The van der Waals surface area contributed by atoms with Crippen LogP contribution in [0, 0.1) is 0 Å². The summed E-state index contributed by atoms with van der Waals surface area (Å²) in [5.41, 5.74) is 0.866. The molecular weight excluding hydrogens is 316 g/mol. The Morgan fingerprint density at radius 2 is 1.91 bits per heavy atom. The van der Waals surface area contributed by atoms with Gasteiger partial charge in [0.25, 0.3) is 5.22 Å². The summed E-state index contributed by atoms with van der Waals surface area (Å²) in [5, 5.41) is 8.42. The van der Waals surface area contributed by atoms with E-state index in [1.54, 1.807) is 12.1 Å². The second-order valence-corrected chi connectivity index (χ2v) is 5.98. The summed E-state index contributed by atoms with van der Waals surface area (Å²) < 4.78 is 15.7. The molecule has 7 heteroatoms. The van der Waals surface area contributed by atoms with E-state index in [0.717, 1.165) is 5.56 Å². The van der Waals surface area contributed by atoms with E-state index in [4.69, 9.17) is 8.83 Å². The van der Waals surface area contributed by atoms with Gasteiger partial charge in [0, 0.05) is 5.56 Å². The van der Waals surface area contributed by atoms with Crippen LogP contribution in [0.1, 0.15) is 28.5 Å². The van der Waals surface area contributed by atoms with Gasteiger partial charge in [0.05, 0.1) is 12.4 Å². The Bertz CT molecular complexity index is 797. The van der Waals surface area contributed by atoms with Crippen LogP contribution in [0.3, 0.4) is 0 Å². The average Bonchev–Trinajstić information content (AvgIpc) is 3.24. The van der Waals surface area contributed by atoms with E-state index in [1.807, 2.05) is 37.3 Å². The number of hydrogen-bond donors (Lipinski definition) is 0. The second kappa shape index (κ2) is 6.70. The van der Waals surface area contributed by atoms with E-state index in [-0.39, 0.29) is 11.0 Å². The van der Waals surface area contributed by atoms with E-state index >= 15 is 0 Å². The fraction of sp³-hybridized carbons (Fsp3) is 0.188. The maximum atomic E-state index is 11.4. The molecular formula is C16H14N2O4S. The van der Waals surface area contributed by atoms with Crippen molar-refractivity contribution >= 4 is 17.7 Å². The molecule has 0 aliphatic carbocycles. The fourth-order valence-corrected chi connectivity index (χ4v) is 2.71. The summed E-state index contributed by atoms with van der Waals surface area (Å²) in [4.78, 5) is 11.4. The molecule has 1 atom stereocenters. The largest absolute Gasteiger partial charge is 0.463 e. The summed E-state index contributed by atoms with van der Waals surface area (Å²) in [6.45, 7) is 1.93. The van der Waals surface area contributed by atoms with Gasteiger partial charge in [-0.05, 0) is 31.2 Å². The molecule has 1 aromatic carbocycles. The summed E-state index contributed by atoms with van der Waals surface area (Å²) in [6, 6.07) is 12.9. The van der Waals surface area contributed by atoms with Gasteiger partial charge in [-0.15, -0.1) is 10.2 Å². The fourth-order valence-electron chi connectivity index (χ4n) is 1.95. The van der Waals surface area contributed by atoms with Crippen LogP contribution in [-0.4, -0.2) is 23.3 Å². The Morgan fingerprint density at radius 1 is 1.13 bits per heavy atom. The average molecular weight is 330 g/mol.